The quantitative estimate of drug-likeness (QED) is 0.766. The van der Waals surface area contributed by atoms with Crippen molar-refractivity contribution in [3.05, 3.63) is 17.5 Å². The van der Waals surface area contributed by atoms with Crippen molar-refractivity contribution in [3.63, 3.8) is 0 Å². The van der Waals surface area contributed by atoms with Crippen LogP contribution in [-0.2, 0) is 4.74 Å². The summed E-state index contributed by atoms with van der Waals surface area (Å²) in [7, 11) is 2.14. The molecule has 0 N–H and O–H groups in total. The van der Waals surface area contributed by atoms with E-state index in [1.165, 1.54) is 0 Å². The minimum atomic E-state index is -0.269. The molecule has 1 aromatic rings. The molecule has 0 atom stereocenters. The summed E-state index contributed by atoms with van der Waals surface area (Å²) in [6.45, 7) is 6.32. The minimum absolute atomic E-state index is 0.269. The first-order valence-electron chi connectivity index (χ1n) is 6.53. The molecule has 1 saturated heterocycles. The predicted octanol–water partition coefficient (Wildman–Crippen LogP) is 1.63. The summed E-state index contributed by atoms with van der Waals surface area (Å²) < 4.78 is 7.01. The fourth-order valence-corrected chi connectivity index (χ4v) is 2.44. The summed E-state index contributed by atoms with van der Waals surface area (Å²) in [5.41, 5.74) is 1.51. The van der Waals surface area contributed by atoms with Gasteiger partial charge in [-0.15, -0.1) is 0 Å². The predicted molar refractivity (Wildman–Crippen MR) is 68.7 cm³/mol. The number of hydrogen-bond donors (Lipinski definition) is 0. The lowest BCUT2D eigenvalue weighted by Crippen LogP contribution is -2.32. The highest BCUT2D eigenvalue weighted by molar-refractivity contribution is 5.90. The number of esters is 1. The van der Waals surface area contributed by atoms with Crippen molar-refractivity contribution in [1.29, 1.82) is 0 Å². The Bertz CT molecular complexity index is 420. The van der Waals surface area contributed by atoms with E-state index in [4.69, 9.17) is 4.74 Å². The highest BCUT2D eigenvalue weighted by atomic mass is 16.5. The second kappa shape index (κ2) is 5.52. The standard InChI is InChI=1S/C13H21N3O2/c1-4-18-13(17)12-9-14-16(10(12)2)11-5-7-15(3)8-6-11/h9,11H,4-8H2,1-3H3. The lowest BCUT2D eigenvalue weighted by atomic mass is 10.1. The van der Waals surface area contributed by atoms with Crippen molar-refractivity contribution in [3.8, 4) is 0 Å². The number of aromatic nitrogens is 2. The molecule has 0 saturated carbocycles. The molecule has 0 aliphatic carbocycles. The largest absolute Gasteiger partial charge is 0.462 e. The van der Waals surface area contributed by atoms with Crippen LogP contribution in [0.25, 0.3) is 0 Å². The van der Waals surface area contributed by atoms with Gasteiger partial charge in [0, 0.05) is 0 Å². The number of carbonyl (C=O) groups is 1. The number of ether oxygens (including phenoxy) is 1. The lowest BCUT2D eigenvalue weighted by molar-refractivity contribution is 0.0525. The van der Waals surface area contributed by atoms with Crippen molar-refractivity contribution in [2.45, 2.75) is 32.7 Å². The smallest absolute Gasteiger partial charge is 0.341 e. The number of rotatable bonds is 3. The third-order valence-corrected chi connectivity index (χ3v) is 3.57. The Morgan fingerprint density at radius 3 is 2.78 bits per heavy atom. The Balaban J connectivity index is 2.13. The van der Waals surface area contributed by atoms with Crippen LogP contribution in [0.1, 0.15) is 41.9 Å². The van der Waals surface area contributed by atoms with E-state index in [2.05, 4.69) is 17.0 Å². The van der Waals surface area contributed by atoms with Gasteiger partial charge in [0.25, 0.3) is 0 Å². The van der Waals surface area contributed by atoms with Crippen LogP contribution in [0.4, 0.5) is 0 Å². The van der Waals surface area contributed by atoms with Crippen molar-refractivity contribution >= 4 is 5.97 Å². The van der Waals surface area contributed by atoms with Crippen molar-refractivity contribution < 1.29 is 9.53 Å². The van der Waals surface area contributed by atoms with E-state index in [1.54, 1.807) is 6.20 Å². The van der Waals surface area contributed by atoms with Crippen molar-refractivity contribution in [2.75, 3.05) is 26.7 Å². The molecule has 5 heteroatoms. The van der Waals surface area contributed by atoms with E-state index < -0.39 is 0 Å². The van der Waals surface area contributed by atoms with E-state index >= 15 is 0 Å². The first-order valence-corrected chi connectivity index (χ1v) is 6.53. The Labute approximate surface area is 108 Å². The normalized spacial score (nSPS) is 17.9. The SMILES string of the molecule is CCOC(=O)c1cnn(C2CCN(C)CC2)c1C. The molecule has 0 unspecified atom stereocenters. The van der Waals surface area contributed by atoms with Crippen molar-refractivity contribution in [1.82, 2.24) is 14.7 Å². The van der Waals surface area contributed by atoms with Crippen LogP contribution < -0.4 is 0 Å². The van der Waals surface area contributed by atoms with Gasteiger partial charge in [0.2, 0.25) is 0 Å². The Morgan fingerprint density at radius 2 is 2.17 bits per heavy atom. The maximum atomic E-state index is 11.7. The molecule has 2 heterocycles. The Hall–Kier alpha value is -1.36. The van der Waals surface area contributed by atoms with Crippen LogP contribution in [0, 0.1) is 6.92 Å². The first kappa shape index (κ1) is 13.1. The van der Waals surface area contributed by atoms with Crippen LogP contribution in [0.3, 0.4) is 0 Å². The molecule has 0 aromatic carbocycles. The number of piperidine rings is 1. The number of hydrogen-bond acceptors (Lipinski definition) is 4. The third-order valence-electron chi connectivity index (χ3n) is 3.57. The molecule has 0 spiro atoms. The maximum absolute atomic E-state index is 11.7. The van der Waals surface area contributed by atoms with E-state index in [0.29, 0.717) is 18.2 Å². The van der Waals surface area contributed by atoms with Crippen LogP contribution in [-0.4, -0.2) is 47.4 Å². The van der Waals surface area contributed by atoms with Gasteiger partial charge in [0.1, 0.15) is 5.56 Å². The van der Waals surface area contributed by atoms with Gasteiger partial charge in [-0.1, -0.05) is 0 Å². The monoisotopic (exact) mass is 251 g/mol. The van der Waals surface area contributed by atoms with Gasteiger partial charge in [-0.3, -0.25) is 4.68 Å². The fourth-order valence-electron chi connectivity index (χ4n) is 2.44. The summed E-state index contributed by atoms with van der Waals surface area (Å²) in [5.74, 6) is -0.269. The number of likely N-dealkylation sites (tertiary alicyclic amines) is 1. The van der Waals surface area contributed by atoms with Gasteiger partial charge < -0.3 is 9.64 Å². The lowest BCUT2D eigenvalue weighted by Gasteiger charge is -2.29. The second-order valence-corrected chi connectivity index (χ2v) is 4.84. The number of carbonyl (C=O) groups excluding carboxylic acids is 1. The van der Waals surface area contributed by atoms with Crippen LogP contribution in [0.5, 0.6) is 0 Å². The molecule has 18 heavy (non-hydrogen) atoms. The number of nitrogens with zero attached hydrogens (tertiary/aromatic N) is 3. The van der Waals surface area contributed by atoms with Crippen LogP contribution >= 0.6 is 0 Å². The molecule has 1 aromatic heterocycles. The zero-order chi connectivity index (χ0) is 13.1. The first-order chi connectivity index (χ1) is 8.63. The molecule has 100 valence electrons. The molecule has 0 amide bonds. The summed E-state index contributed by atoms with van der Waals surface area (Å²) in [6, 6.07) is 0.407. The summed E-state index contributed by atoms with van der Waals surface area (Å²) >= 11 is 0. The molecular weight excluding hydrogens is 230 g/mol. The average Bonchev–Trinajstić information content (AvgIpc) is 2.73. The molecule has 5 nitrogen and oxygen atoms in total. The van der Waals surface area contributed by atoms with Gasteiger partial charge in [0.15, 0.2) is 0 Å². The maximum Gasteiger partial charge on any atom is 0.341 e. The zero-order valence-electron chi connectivity index (χ0n) is 11.3. The molecule has 1 fully saturated rings. The van der Waals surface area contributed by atoms with Gasteiger partial charge in [-0.25, -0.2) is 4.79 Å². The summed E-state index contributed by atoms with van der Waals surface area (Å²) in [5, 5.41) is 4.37. The minimum Gasteiger partial charge on any atom is -0.462 e. The van der Waals surface area contributed by atoms with Gasteiger partial charge in [-0.05, 0) is 46.8 Å². The highest BCUT2D eigenvalue weighted by Crippen LogP contribution is 2.24. The zero-order valence-corrected chi connectivity index (χ0v) is 11.3. The topological polar surface area (TPSA) is 47.4 Å². The molecule has 1 aliphatic rings. The highest BCUT2D eigenvalue weighted by Gasteiger charge is 2.23. The molecular formula is C13H21N3O2. The molecule has 2 rings (SSSR count). The fraction of sp³-hybridized carbons (Fsp3) is 0.692. The van der Waals surface area contributed by atoms with Crippen LogP contribution in [0.15, 0.2) is 6.20 Å². The second-order valence-electron chi connectivity index (χ2n) is 4.84. The van der Waals surface area contributed by atoms with E-state index in [0.717, 1.165) is 31.6 Å². The third kappa shape index (κ3) is 2.56. The summed E-state index contributed by atoms with van der Waals surface area (Å²) in [4.78, 5) is 14.1. The Morgan fingerprint density at radius 1 is 1.50 bits per heavy atom. The molecule has 0 bridgehead atoms. The molecule has 1 aliphatic heterocycles. The van der Waals surface area contributed by atoms with E-state index in [-0.39, 0.29) is 5.97 Å². The molecule has 0 radical (unpaired) electrons. The van der Waals surface area contributed by atoms with Crippen molar-refractivity contribution in [2.24, 2.45) is 0 Å². The average molecular weight is 251 g/mol. The Kier molecular flexibility index (Phi) is 4.01. The van der Waals surface area contributed by atoms with Gasteiger partial charge in [-0.2, -0.15) is 5.10 Å². The van der Waals surface area contributed by atoms with Gasteiger partial charge in [0.05, 0.1) is 24.5 Å². The van der Waals surface area contributed by atoms with Crippen LogP contribution in [0.2, 0.25) is 0 Å². The summed E-state index contributed by atoms with van der Waals surface area (Å²) in [6.07, 6.45) is 3.80. The van der Waals surface area contributed by atoms with E-state index in [1.807, 2.05) is 18.5 Å². The van der Waals surface area contributed by atoms with Gasteiger partial charge >= 0.3 is 5.97 Å². The van der Waals surface area contributed by atoms with E-state index in [9.17, 15) is 4.79 Å².